The number of hydrogen-bond donors (Lipinski definition) is 1. The van der Waals surface area contributed by atoms with E-state index in [-0.39, 0.29) is 6.10 Å². The smallest absolute Gasteiger partial charge is 0.122 e. The molecule has 3 nitrogen and oxygen atoms in total. The van der Waals surface area contributed by atoms with E-state index in [1.807, 2.05) is 31.2 Å². The van der Waals surface area contributed by atoms with E-state index in [2.05, 4.69) is 12.3 Å². The molecule has 1 aromatic heterocycles. The van der Waals surface area contributed by atoms with Gasteiger partial charge in [0.25, 0.3) is 0 Å². The van der Waals surface area contributed by atoms with Crippen LogP contribution in [0, 0.1) is 0 Å². The SMILES string of the molecule is CCCC(OCC)c1nc(-c2cccc(N)c2)cs1. The summed E-state index contributed by atoms with van der Waals surface area (Å²) in [5.41, 5.74) is 8.62. The van der Waals surface area contributed by atoms with Gasteiger partial charge in [-0.15, -0.1) is 11.3 Å². The van der Waals surface area contributed by atoms with Gasteiger partial charge in [-0.2, -0.15) is 0 Å². The summed E-state index contributed by atoms with van der Waals surface area (Å²) in [6.45, 7) is 4.91. The van der Waals surface area contributed by atoms with Crippen molar-refractivity contribution in [2.24, 2.45) is 0 Å². The van der Waals surface area contributed by atoms with Crippen LogP contribution in [0.2, 0.25) is 0 Å². The Labute approximate surface area is 118 Å². The molecular weight excluding hydrogens is 256 g/mol. The van der Waals surface area contributed by atoms with Gasteiger partial charge in [0.15, 0.2) is 0 Å². The number of rotatable bonds is 6. The van der Waals surface area contributed by atoms with Crippen LogP contribution < -0.4 is 5.73 Å². The molecule has 0 spiro atoms. The molecule has 102 valence electrons. The molecule has 0 amide bonds. The molecular formula is C15H20N2OS. The maximum Gasteiger partial charge on any atom is 0.122 e. The largest absolute Gasteiger partial charge is 0.399 e. The lowest BCUT2D eigenvalue weighted by Crippen LogP contribution is -2.03. The van der Waals surface area contributed by atoms with E-state index in [0.717, 1.165) is 41.4 Å². The van der Waals surface area contributed by atoms with Gasteiger partial charge in [0.05, 0.1) is 5.69 Å². The Morgan fingerprint density at radius 3 is 2.89 bits per heavy atom. The first kappa shape index (κ1) is 14.0. The number of hydrogen-bond acceptors (Lipinski definition) is 4. The van der Waals surface area contributed by atoms with Crippen molar-refractivity contribution in [3.05, 3.63) is 34.7 Å². The van der Waals surface area contributed by atoms with Crippen LogP contribution in [-0.4, -0.2) is 11.6 Å². The number of anilines is 1. The van der Waals surface area contributed by atoms with Gasteiger partial charge in [-0.3, -0.25) is 0 Å². The number of nitrogens with two attached hydrogens (primary N) is 1. The quantitative estimate of drug-likeness (QED) is 0.801. The minimum absolute atomic E-state index is 0.120. The maximum atomic E-state index is 5.81. The molecule has 2 rings (SSSR count). The van der Waals surface area contributed by atoms with Crippen molar-refractivity contribution >= 4 is 17.0 Å². The van der Waals surface area contributed by atoms with Gasteiger partial charge in [-0.25, -0.2) is 4.98 Å². The first-order chi connectivity index (χ1) is 9.24. The fourth-order valence-corrected chi connectivity index (χ4v) is 2.92. The molecule has 0 bridgehead atoms. The summed E-state index contributed by atoms with van der Waals surface area (Å²) in [5, 5.41) is 3.13. The molecule has 1 aromatic carbocycles. The van der Waals surface area contributed by atoms with Gasteiger partial charge in [-0.05, 0) is 25.5 Å². The van der Waals surface area contributed by atoms with Crippen molar-refractivity contribution in [3.63, 3.8) is 0 Å². The van der Waals surface area contributed by atoms with E-state index in [9.17, 15) is 0 Å². The van der Waals surface area contributed by atoms with Gasteiger partial charge < -0.3 is 10.5 Å². The number of aromatic nitrogens is 1. The summed E-state index contributed by atoms with van der Waals surface area (Å²) in [6.07, 6.45) is 2.23. The minimum Gasteiger partial charge on any atom is -0.399 e. The second-order valence-electron chi connectivity index (χ2n) is 4.43. The third-order valence-corrected chi connectivity index (χ3v) is 3.84. The van der Waals surface area contributed by atoms with Crippen LogP contribution in [0.4, 0.5) is 5.69 Å². The molecule has 2 N–H and O–H groups in total. The van der Waals surface area contributed by atoms with Crippen molar-refractivity contribution in [2.45, 2.75) is 32.8 Å². The van der Waals surface area contributed by atoms with Gasteiger partial charge >= 0.3 is 0 Å². The lowest BCUT2D eigenvalue weighted by molar-refractivity contribution is 0.0555. The Bertz CT molecular complexity index is 518. The van der Waals surface area contributed by atoms with Crippen LogP contribution in [0.1, 0.15) is 37.8 Å². The van der Waals surface area contributed by atoms with Gasteiger partial charge in [0.2, 0.25) is 0 Å². The summed E-state index contributed by atoms with van der Waals surface area (Å²) < 4.78 is 5.76. The van der Waals surface area contributed by atoms with Crippen molar-refractivity contribution < 1.29 is 4.74 Å². The standard InChI is InChI=1S/C15H20N2OS/c1-3-6-14(18-4-2)15-17-13(10-19-15)11-7-5-8-12(16)9-11/h5,7-10,14H,3-4,6,16H2,1-2H3. The Balaban J connectivity index is 2.22. The predicted octanol–water partition coefficient (Wildman–Crippen LogP) is 4.27. The number of nitrogen functional groups attached to an aromatic ring is 1. The van der Waals surface area contributed by atoms with Crippen molar-refractivity contribution in [1.29, 1.82) is 0 Å². The molecule has 0 aliphatic heterocycles. The Kier molecular flexibility index (Phi) is 4.93. The van der Waals surface area contributed by atoms with Gasteiger partial charge in [0.1, 0.15) is 11.1 Å². The fourth-order valence-electron chi connectivity index (χ4n) is 2.01. The summed E-state index contributed by atoms with van der Waals surface area (Å²) in [5.74, 6) is 0. The zero-order valence-corrected chi connectivity index (χ0v) is 12.2. The topological polar surface area (TPSA) is 48.1 Å². The molecule has 0 aliphatic carbocycles. The average Bonchev–Trinajstić information content (AvgIpc) is 2.88. The van der Waals surface area contributed by atoms with Crippen molar-refractivity contribution in [3.8, 4) is 11.3 Å². The Morgan fingerprint density at radius 1 is 1.37 bits per heavy atom. The average molecular weight is 276 g/mol. The first-order valence-electron chi connectivity index (χ1n) is 6.67. The van der Waals surface area contributed by atoms with Crippen LogP contribution in [0.15, 0.2) is 29.6 Å². The molecule has 1 unspecified atom stereocenters. The number of benzene rings is 1. The highest BCUT2D eigenvalue weighted by molar-refractivity contribution is 7.10. The highest BCUT2D eigenvalue weighted by atomic mass is 32.1. The van der Waals surface area contributed by atoms with Gasteiger partial charge in [0, 0.05) is 23.2 Å². The molecule has 0 saturated heterocycles. The fraction of sp³-hybridized carbons (Fsp3) is 0.400. The molecule has 4 heteroatoms. The van der Waals surface area contributed by atoms with Crippen molar-refractivity contribution in [2.75, 3.05) is 12.3 Å². The van der Waals surface area contributed by atoms with Crippen LogP contribution in [0.25, 0.3) is 11.3 Å². The molecule has 2 aromatic rings. The molecule has 0 saturated carbocycles. The summed E-state index contributed by atoms with van der Waals surface area (Å²) >= 11 is 1.66. The molecule has 0 radical (unpaired) electrons. The summed E-state index contributed by atoms with van der Waals surface area (Å²) in [4.78, 5) is 4.70. The lowest BCUT2D eigenvalue weighted by atomic mass is 10.1. The van der Waals surface area contributed by atoms with E-state index in [1.165, 1.54) is 0 Å². The molecule has 19 heavy (non-hydrogen) atoms. The second-order valence-corrected chi connectivity index (χ2v) is 5.32. The first-order valence-corrected chi connectivity index (χ1v) is 7.55. The van der Waals surface area contributed by atoms with Crippen molar-refractivity contribution in [1.82, 2.24) is 4.98 Å². The molecule has 0 fully saturated rings. The van der Waals surface area contributed by atoms with E-state index >= 15 is 0 Å². The van der Waals surface area contributed by atoms with Crippen LogP contribution >= 0.6 is 11.3 Å². The van der Waals surface area contributed by atoms with Crippen LogP contribution in [-0.2, 0) is 4.74 Å². The highest BCUT2D eigenvalue weighted by Gasteiger charge is 2.15. The summed E-state index contributed by atoms with van der Waals surface area (Å²) in [7, 11) is 0. The van der Waals surface area contributed by atoms with Crippen LogP contribution in [0.5, 0.6) is 0 Å². The van der Waals surface area contributed by atoms with E-state index in [1.54, 1.807) is 11.3 Å². The molecule has 0 aliphatic rings. The van der Waals surface area contributed by atoms with Gasteiger partial charge in [-0.1, -0.05) is 25.5 Å². The summed E-state index contributed by atoms with van der Waals surface area (Å²) in [6, 6.07) is 7.83. The third-order valence-electron chi connectivity index (χ3n) is 2.90. The Morgan fingerprint density at radius 2 is 2.21 bits per heavy atom. The number of ether oxygens (including phenoxy) is 1. The number of nitrogens with zero attached hydrogens (tertiary/aromatic N) is 1. The maximum absolute atomic E-state index is 5.81. The number of thiazole rings is 1. The van der Waals surface area contributed by atoms with Crippen LogP contribution in [0.3, 0.4) is 0 Å². The molecule has 1 heterocycles. The third kappa shape index (κ3) is 3.55. The zero-order valence-electron chi connectivity index (χ0n) is 11.4. The minimum atomic E-state index is 0.120. The van der Waals surface area contributed by atoms with E-state index in [4.69, 9.17) is 15.5 Å². The van der Waals surface area contributed by atoms with E-state index < -0.39 is 0 Å². The lowest BCUT2D eigenvalue weighted by Gasteiger charge is -2.12. The predicted molar refractivity (Wildman–Crippen MR) is 81.2 cm³/mol. The zero-order chi connectivity index (χ0) is 13.7. The highest BCUT2D eigenvalue weighted by Crippen LogP contribution is 2.30. The second kappa shape index (κ2) is 6.68. The van der Waals surface area contributed by atoms with E-state index in [0.29, 0.717) is 0 Å². The molecule has 1 atom stereocenters. The Hall–Kier alpha value is -1.39. The monoisotopic (exact) mass is 276 g/mol. The normalized spacial score (nSPS) is 12.5.